The Hall–Kier alpha value is -1.52. The fourth-order valence-corrected chi connectivity index (χ4v) is 2.34. The maximum Gasteiger partial charge on any atom is 0.142 e. The molecule has 3 nitrogen and oxygen atoms in total. The van der Waals surface area contributed by atoms with E-state index < -0.39 is 0 Å². The number of nitrogens with one attached hydrogen (secondary N) is 1. The molecule has 1 aromatic heterocycles. The predicted molar refractivity (Wildman–Crippen MR) is 75.9 cm³/mol. The van der Waals surface area contributed by atoms with Crippen molar-refractivity contribution >= 4 is 38.6 Å². The van der Waals surface area contributed by atoms with Crippen LogP contribution in [0.15, 0.2) is 40.9 Å². The lowest BCUT2D eigenvalue weighted by molar-refractivity contribution is 0.477. The summed E-state index contributed by atoms with van der Waals surface area (Å²) in [7, 11) is 0. The summed E-state index contributed by atoms with van der Waals surface area (Å²) in [5.41, 5.74) is 2.39. The molecule has 90 valence electrons. The number of hydrogen-bond acceptors (Lipinski definition) is 2. The van der Waals surface area contributed by atoms with E-state index >= 15 is 0 Å². The number of aromatic nitrogens is 2. The molecule has 0 atom stereocenters. The van der Waals surface area contributed by atoms with Gasteiger partial charge in [-0.2, -0.15) is 0 Å². The first-order valence-corrected chi connectivity index (χ1v) is 6.45. The Kier molecular flexibility index (Phi) is 2.76. The summed E-state index contributed by atoms with van der Waals surface area (Å²) in [4.78, 5) is 7.60. The Morgan fingerprint density at radius 2 is 2.00 bits per heavy atom. The normalized spacial score (nSPS) is 11.0. The molecule has 0 saturated carbocycles. The van der Waals surface area contributed by atoms with Gasteiger partial charge in [-0.3, -0.25) is 0 Å². The van der Waals surface area contributed by atoms with Gasteiger partial charge in [0.2, 0.25) is 0 Å². The van der Waals surface area contributed by atoms with Crippen LogP contribution >= 0.6 is 27.5 Å². The van der Waals surface area contributed by atoms with Gasteiger partial charge in [-0.15, -0.1) is 0 Å². The van der Waals surface area contributed by atoms with E-state index in [2.05, 4.69) is 25.9 Å². The zero-order valence-corrected chi connectivity index (χ0v) is 11.5. The van der Waals surface area contributed by atoms with Crippen molar-refractivity contribution in [3.63, 3.8) is 0 Å². The molecule has 0 amide bonds. The van der Waals surface area contributed by atoms with Crippen LogP contribution in [0.4, 0.5) is 0 Å². The first kappa shape index (κ1) is 11.6. The molecule has 0 radical (unpaired) electrons. The molecule has 0 bridgehead atoms. The van der Waals surface area contributed by atoms with Crippen molar-refractivity contribution in [1.29, 1.82) is 0 Å². The maximum atomic E-state index is 9.87. The quantitative estimate of drug-likeness (QED) is 0.699. The Balaban J connectivity index is 2.19. The van der Waals surface area contributed by atoms with Crippen LogP contribution in [-0.2, 0) is 0 Å². The lowest BCUT2D eigenvalue weighted by Gasteiger charge is -2.00. The number of halogens is 2. The number of rotatable bonds is 1. The van der Waals surface area contributed by atoms with E-state index in [1.165, 1.54) is 6.07 Å². The number of phenolic OH excluding ortho intramolecular Hbond substituents is 1. The van der Waals surface area contributed by atoms with E-state index in [4.69, 9.17) is 11.6 Å². The highest BCUT2D eigenvalue weighted by Crippen LogP contribution is 2.31. The number of phenols is 1. The third-order valence-electron chi connectivity index (χ3n) is 2.66. The van der Waals surface area contributed by atoms with Gasteiger partial charge >= 0.3 is 0 Å². The van der Waals surface area contributed by atoms with Crippen molar-refractivity contribution in [2.75, 3.05) is 0 Å². The van der Waals surface area contributed by atoms with Crippen molar-refractivity contribution in [2.45, 2.75) is 0 Å². The van der Waals surface area contributed by atoms with Crippen LogP contribution in [0.5, 0.6) is 5.75 Å². The smallest absolute Gasteiger partial charge is 0.142 e. The molecule has 1 heterocycles. The molecule has 0 saturated heterocycles. The van der Waals surface area contributed by atoms with Gasteiger partial charge < -0.3 is 10.1 Å². The lowest BCUT2D eigenvalue weighted by Crippen LogP contribution is -1.81. The Morgan fingerprint density at radius 3 is 2.78 bits per heavy atom. The highest BCUT2D eigenvalue weighted by molar-refractivity contribution is 9.10. The summed E-state index contributed by atoms with van der Waals surface area (Å²) in [6.07, 6.45) is 0. The molecule has 18 heavy (non-hydrogen) atoms. The van der Waals surface area contributed by atoms with Crippen molar-refractivity contribution < 1.29 is 5.11 Å². The molecule has 0 aliphatic rings. The number of aromatic amines is 1. The molecule has 3 aromatic rings. The summed E-state index contributed by atoms with van der Waals surface area (Å²) in [5.74, 6) is 0.734. The Morgan fingerprint density at radius 1 is 1.17 bits per heavy atom. The molecule has 2 N–H and O–H groups in total. The number of aromatic hydroxyl groups is 1. The summed E-state index contributed by atoms with van der Waals surface area (Å²) in [6.45, 7) is 0. The average molecular weight is 324 g/mol. The van der Waals surface area contributed by atoms with E-state index in [1.807, 2.05) is 18.2 Å². The second-order valence-electron chi connectivity index (χ2n) is 3.91. The second kappa shape index (κ2) is 4.30. The summed E-state index contributed by atoms with van der Waals surface area (Å²) >= 11 is 9.21. The topological polar surface area (TPSA) is 48.9 Å². The molecule has 0 fully saturated rings. The van der Waals surface area contributed by atoms with Crippen LogP contribution in [0.25, 0.3) is 22.4 Å². The summed E-state index contributed by atoms with van der Waals surface area (Å²) in [5, 5.41) is 10.4. The number of imidazole rings is 1. The Labute approximate surface area is 117 Å². The van der Waals surface area contributed by atoms with Gasteiger partial charge in [0, 0.05) is 9.50 Å². The highest BCUT2D eigenvalue weighted by Gasteiger charge is 2.10. The van der Waals surface area contributed by atoms with Crippen LogP contribution in [0.1, 0.15) is 0 Å². The van der Waals surface area contributed by atoms with Crippen molar-refractivity contribution in [1.82, 2.24) is 9.97 Å². The monoisotopic (exact) mass is 322 g/mol. The molecule has 0 spiro atoms. The molecule has 5 heteroatoms. The van der Waals surface area contributed by atoms with Crippen molar-refractivity contribution in [3.05, 3.63) is 45.9 Å². The van der Waals surface area contributed by atoms with Gasteiger partial charge in [-0.25, -0.2) is 4.98 Å². The maximum absolute atomic E-state index is 9.87. The molecular weight excluding hydrogens is 316 g/mol. The number of hydrogen-bond donors (Lipinski definition) is 2. The molecule has 0 unspecified atom stereocenters. The van der Waals surface area contributed by atoms with Crippen LogP contribution in [0, 0.1) is 0 Å². The molecule has 3 rings (SSSR count). The van der Waals surface area contributed by atoms with Gasteiger partial charge in [0.15, 0.2) is 0 Å². The first-order chi connectivity index (χ1) is 8.63. The van der Waals surface area contributed by atoms with Gasteiger partial charge in [-0.1, -0.05) is 27.5 Å². The first-order valence-electron chi connectivity index (χ1n) is 5.27. The van der Waals surface area contributed by atoms with Gasteiger partial charge in [0.05, 0.1) is 16.6 Å². The minimum absolute atomic E-state index is 0.112. The standard InChI is InChI=1S/C13H8BrClN2O/c14-7-1-4-10-11(5-7)17-13(16-10)9-3-2-8(15)6-12(9)18/h1-6,18H,(H,16,17). The van der Waals surface area contributed by atoms with Gasteiger partial charge in [0.1, 0.15) is 11.6 Å². The molecule has 0 aliphatic carbocycles. The SMILES string of the molecule is Oc1cc(Cl)ccc1-c1nc2ccc(Br)cc2[nH]1. The Bertz CT molecular complexity index is 739. The van der Waals surface area contributed by atoms with E-state index in [0.29, 0.717) is 16.4 Å². The zero-order chi connectivity index (χ0) is 12.7. The highest BCUT2D eigenvalue weighted by atomic mass is 79.9. The van der Waals surface area contributed by atoms with E-state index in [0.717, 1.165) is 15.5 Å². The minimum Gasteiger partial charge on any atom is -0.507 e. The van der Waals surface area contributed by atoms with Crippen LogP contribution in [0.3, 0.4) is 0 Å². The summed E-state index contributed by atoms with van der Waals surface area (Å²) in [6, 6.07) is 10.7. The van der Waals surface area contributed by atoms with E-state index in [9.17, 15) is 5.11 Å². The predicted octanol–water partition coefficient (Wildman–Crippen LogP) is 4.35. The lowest BCUT2D eigenvalue weighted by atomic mass is 10.2. The van der Waals surface area contributed by atoms with Crippen molar-refractivity contribution in [2.24, 2.45) is 0 Å². The average Bonchev–Trinajstić information content (AvgIpc) is 2.71. The number of H-pyrrole nitrogens is 1. The van der Waals surface area contributed by atoms with E-state index in [-0.39, 0.29) is 5.75 Å². The largest absolute Gasteiger partial charge is 0.507 e. The van der Waals surface area contributed by atoms with Crippen LogP contribution < -0.4 is 0 Å². The summed E-state index contributed by atoms with van der Waals surface area (Å²) < 4.78 is 0.977. The van der Waals surface area contributed by atoms with E-state index in [1.54, 1.807) is 12.1 Å². The zero-order valence-electron chi connectivity index (χ0n) is 9.11. The third-order valence-corrected chi connectivity index (χ3v) is 3.39. The number of nitrogens with zero attached hydrogens (tertiary/aromatic N) is 1. The second-order valence-corrected chi connectivity index (χ2v) is 5.26. The van der Waals surface area contributed by atoms with Gasteiger partial charge in [0.25, 0.3) is 0 Å². The van der Waals surface area contributed by atoms with Crippen LogP contribution in [-0.4, -0.2) is 15.1 Å². The number of fused-ring (bicyclic) bond motifs is 1. The molecule has 2 aromatic carbocycles. The van der Waals surface area contributed by atoms with Crippen LogP contribution in [0.2, 0.25) is 5.02 Å². The molecular formula is C13H8BrClN2O. The fourth-order valence-electron chi connectivity index (χ4n) is 1.81. The number of benzene rings is 2. The van der Waals surface area contributed by atoms with Crippen molar-refractivity contribution in [3.8, 4) is 17.1 Å². The third kappa shape index (κ3) is 1.98. The molecule has 0 aliphatic heterocycles. The minimum atomic E-state index is 0.112. The fraction of sp³-hybridized carbons (Fsp3) is 0. The van der Waals surface area contributed by atoms with Gasteiger partial charge in [-0.05, 0) is 36.4 Å².